The molecule has 0 saturated carbocycles. The number of benzene rings is 1. The fraction of sp³-hybridized carbons (Fsp3) is 0.353. The Morgan fingerprint density at radius 3 is 2.67 bits per heavy atom. The number of aromatic nitrogens is 2. The molecule has 0 fully saturated rings. The third-order valence-electron chi connectivity index (χ3n) is 3.65. The van der Waals surface area contributed by atoms with Crippen molar-refractivity contribution in [3.8, 4) is 0 Å². The summed E-state index contributed by atoms with van der Waals surface area (Å²) in [5.41, 5.74) is 2.36. The van der Waals surface area contributed by atoms with Crippen LogP contribution in [0.2, 0.25) is 0 Å². The van der Waals surface area contributed by atoms with Crippen LogP contribution in [0.1, 0.15) is 29.3 Å². The molecule has 1 aromatic carbocycles. The van der Waals surface area contributed by atoms with Crippen molar-refractivity contribution >= 4 is 22.2 Å². The van der Waals surface area contributed by atoms with Gasteiger partial charge in [-0.1, -0.05) is 32.0 Å². The Bertz CT molecular complexity index is 727. The summed E-state index contributed by atoms with van der Waals surface area (Å²) in [7, 11) is 0. The Hall–Kier alpha value is -1.65. The van der Waals surface area contributed by atoms with E-state index in [0.717, 1.165) is 31.7 Å². The van der Waals surface area contributed by atoms with Crippen LogP contribution in [-0.2, 0) is 19.5 Å². The van der Waals surface area contributed by atoms with Crippen LogP contribution in [0, 0.1) is 0 Å². The minimum Gasteiger partial charge on any atom is -0.311 e. The molecular weight excluding hydrogens is 278 g/mol. The number of thiophene rings is 1. The molecule has 2 aromatic heterocycles. The van der Waals surface area contributed by atoms with Crippen molar-refractivity contribution in [1.82, 2.24) is 15.1 Å². The number of aryl methyl sites for hydroxylation is 1. The first-order valence-electron chi connectivity index (χ1n) is 7.54. The molecule has 2 heterocycles. The summed E-state index contributed by atoms with van der Waals surface area (Å²) in [6.07, 6.45) is 1.11. The zero-order valence-electron chi connectivity index (χ0n) is 12.6. The van der Waals surface area contributed by atoms with Crippen LogP contribution < -0.4 is 5.32 Å². The molecule has 0 aliphatic heterocycles. The molecule has 4 heteroatoms. The number of fused-ring (bicyclic) bond motifs is 1. The van der Waals surface area contributed by atoms with Crippen LogP contribution in [0.5, 0.6) is 0 Å². The van der Waals surface area contributed by atoms with Gasteiger partial charge in [-0.15, -0.1) is 11.3 Å². The summed E-state index contributed by atoms with van der Waals surface area (Å²) in [4.78, 5) is 2.81. The van der Waals surface area contributed by atoms with Gasteiger partial charge in [-0.05, 0) is 31.2 Å². The molecule has 3 aromatic rings. The number of hydrogen-bond acceptors (Lipinski definition) is 3. The van der Waals surface area contributed by atoms with Gasteiger partial charge in [0.15, 0.2) is 0 Å². The standard InChI is InChI=1S/C17H21N3S/c1-3-13-9-10-14(21-13)12-20-17-8-6-5-7-15(17)16(19-20)11-18-4-2/h5-10,18H,3-4,11-12H2,1-2H3. The highest BCUT2D eigenvalue weighted by Crippen LogP contribution is 2.22. The van der Waals surface area contributed by atoms with Gasteiger partial charge in [-0.25, -0.2) is 0 Å². The first-order chi connectivity index (χ1) is 10.3. The highest BCUT2D eigenvalue weighted by Gasteiger charge is 2.10. The van der Waals surface area contributed by atoms with Gasteiger partial charge < -0.3 is 5.32 Å². The van der Waals surface area contributed by atoms with E-state index in [4.69, 9.17) is 5.10 Å². The van der Waals surface area contributed by atoms with Gasteiger partial charge in [-0.3, -0.25) is 4.68 Å². The van der Waals surface area contributed by atoms with E-state index in [9.17, 15) is 0 Å². The topological polar surface area (TPSA) is 29.9 Å². The van der Waals surface area contributed by atoms with Gasteiger partial charge in [0.05, 0.1) is 17.8 Å². The number of hydrogen-bond donors (Lipinski definition) is 1. The van der Waals surface area contributed by atoms with E-state index in [1.165, 1.54) is 20.7 Å². The lowest BCUT2D eigenvalue weighted by molar-refractivity contribution is 0.661. The number of rotatable bonds is 6. The van der Waals surface area contributed by atoms with Crippen molar-refractivity contribution < 1.29 is 0 Å². The lowest BCUT2D eigenvalue weighted by atomic mass is 10.2. The van der Waals surface area contributed by atoms with Gasteiger partial charge in [0.25, 0.3) is 0 Å². The molecule has 21 heavy (non-hydrogen) atoms. The number of nitrogens with one attached hydrogen (secondary N) is 1. The van der Waals surface area contributed by atoms with Crippen molar-refractivity contribution in [3.05, 3.63) is 51.8 Å². The van der Waals surface area contributed by atoms with E-state index in [1.54, 1.807) is 0 Å². The first-order valence-corrected chi connectivity index (χ1v) is 8.36. The van der Waals surface area contributed by atoms with Crippen LogP contribution in [0.25, 0.3) is 10.9 Å². The summed E-state index contributed by atoms with van der Waals surface area (Å²) in [5, 5.41) is 9.45. The Kier molecular flexibility index (Phi) is 4.36. The lowest BCUT2D eigenvalue weighted by Crippen LogP contribution is -2.12. The van der Waals surface area contributed by atoms with Crippen LogP contribution >= 0.6 is 11.3 Å². The van der Waals surface area contributed by atoms with Crippen LogP contribution in [0.15, 0.2) is 36.4 Å². The average Bonchev–Trinajstić information content (AvgIpc) is 3.11. The van der Waals surface area contributed by atoms with Gasteiger partial charge in [0.2, 0.25) is 0 Å². The molecule has 0 spiro atoms. The van der Waals surface area contributed by atoms with Crippen molar-refractivity contribution in [2.24, 2.45) is 0 Å². The van der Waals surface area contributed by atoms with E-state index in [0.29, 0.717) is 0 Å². The Labute approximate surface area is 129 Å². The highest BCUT2D eigenvalue weighted by atomic mass is 32.1. The Morgan fingerprint density at radius 1 is 1.10 bits per heavy atom. The van der Waals surface area contributed by atoms with Crippen LogP contribution in [-0.4, -0.2) is 16.3 Å². The second-order valence-corrected chi connectivity index (χ2v) is 6.38. The third-order valence-corrected chi connectivity index (χ3v) is 4.86. The second kappa shape index (κ2) is 6.41. The Balaban J connectivity index is 1.93. The molecule has 0 saturated heterocycles. The first kappa shape index (κ1) is 14.3. The summed E-state index contributed by atoms with van der Waals surface area (Å²) >= 11 is 1.89. The van der Waals surface area contributed by atoms with Gasteiger partial charge in [0.1, 0.15) is 0 Å². The largest absolute Gasteiger partial charge is 0.311 e. The fourth-order valence-corrected chi connectivity index (χ4v) is 3.48. The van der Waals surface area contributed by atoms with Crippen molar-refractivity contribution in [1.29, 1.82) is 0 Å². The van der Waals surface area contributed by atoms with E-state index in [1.807, 2.05) is 11.3 Å². The van der Waals surface area contributed by atoms with Crippen LogP contribution in [0.4, 0.5) is 0 Å². The molecule has 0 unspecified atom stereocenters. The van der Waals surface area contributed by atoms with Gasteiger partial charge in [0, 0.05) is 21.7 Å². The molecule has 0 aliphatic rings. The summed E-state index contributed by atoms with van der Waals surface area (Å²) in [6.45, 7) is 6.97. The second-order valence-electron chi connectivity index (χ2n) is 5.12. The zero-order chi connectivity index (χ0) is 14.7. The monoisotopic (exact) mass is 299 g/mol. The van der Waals surface area contributed by atoms with Crippen molar-refractivity contribution in [2.75, 3.05) is 6.54 Å². The average molecular weight is 299 g/mol. The van der Waals surface area contributed by atoms with E-state index < -0.39 is 0 Å². The summed E-state index contributed by atoms with van der Waals surface area (Å²) in [6, 6.07) is 13.0. The quantitative estimate of drug-likeness (QED) is 0.750. The Morgan fingerprint density at radius 2 is 1.90 bits per heavy atom. The smallest absolute Gasteiger partial charge is 0.0841 e. The molecule has 1 N–H and O–H groups in total. The molecule has 3 rings (SSSR count). The summed E-state index contributed by atoms with van der Waals surface area (Å²) in [5.74, 6) is 0. The highest BCUT2D eigenvalue weighted by molar-refractivity contribution is 7.11. The fourth-order valence-electron chi connectivity index (χ4n) is 2.54. The van der Waals surface area contributed by atoms with Crippen molar-refractivity contribution in [3.63, 3.8) is 0 Å². The van der Waals surface area contributed by atoms with Crippen molar-refractivity contribution in [2.45, 2.75) is 33.4 Å². The van der Waals surface area contributed by atoms with Gasteiger partial charge >= 0.3 is 0 Å². The predicted molar refractivity (Wildman–Crippen MR) is 89.9 cm³/mol. The van der Waals surface area contributed by atoms with E-state index in [-0.39, 0.29) is 0 Å². The SMILES string of the molecule is CCNCc1nn(Cc2ccc(CC)s2)c2ccccc12. The summed E-state index contributed by atoms with van der Waals surface area (Å²) < 4.78 is 2.13. The normalized spacial score (nSPS) is 11.3. The maximum Gasteiger partial charge on any atom is 0.0841 e. The molecule has 0 aliphatic carbocycles. The molecule has 0 atom stereocenters. The predicted octanol–water partition coefficient (Wildman–Crippen LogP) is 3.82. The minimum absolute atomic E-state index is 0.828. The van der Waals surface area contributed by atoms with E-state index in [2.05, 4.69) is 60.2 Å². The molecule has 0 bridgehead atoms. The maximum absolute atomic E-state index is 4.82. The minimum atomic E-state index is 0.828. The lowest BCUT2D eigenvalue weighted by Gasteiger charge is -2.01. The maximum atomic E-state index is 4.82. The molecule has 3 nitrogen and oxygen atoms in total. The molecule has 110 valence electrons. The molecule has 0 amide bonds. The molecule has 0 radical (unpaired) electrons. The molecular formula is C17H21N3S. The zero-order valence-corrected chi connectivity index (χ0v) is 13.4. The van der Waals surface area contributed by atoms with Crippen LogP contribution in [0.3, 0.4) is 0 Å². The number of para-hydroxylation sites is 1. The van der Waals surface area contributed by atoms with E-state index >= 15 is 0 Å². The number of nitrogens with zero attached hydrogens (tertiary/aromatic N) is 2. The third kappa shape index (κ3) is 3.01. The van der Waals surface area contributed by atoms with Gasteiger partial charge in [-0.2, -0.15) is 5.10 Å².